The zero-order valence-corrected chi connectivity index (χ0v) is 11.8. The molecular formula is C13H17ClF4N2. The molecule has 0 radical (unpaired) electrons. The van der Waals surface area contributed by atoms with Crippen molar-refractivity contribution < 1.29 is 17.6 Å². The summed E-state index contributed by atoms with van der Waals surface area (Å²) >= 11 is 0. The predicted molar refractivity (Wildman–Crippen MR) is 71.4 cm³/mol. The molecule has 0 saturated carbocycles. The Morgan fingerprint density at radius 1 is 1.35 bits per heavy atom. The van der Waals surface area contributed by atoms with Gasteiger partial charge in [0, 0.05) is 25.7 Å². The fourth-order valence-corrected chi connectivity index (χ4v) is 2.40. The lowest BCUT2D eigenvalue weighted by Crippen LogP contribution is -2.29. The molecule has 1 fully saturated rings. The lowest BCUT2D eigenvalue weighted by atomic mass is 10.1. The second-order valence-electron chi connectivity index (χ2n) is 4.81. The number of rotatable bonds is 3. The Morgan fingerprint density at radius 2 is 2.05 bits per heavy atom. The number of benzene rings is 1. The van der Waals surface area contributed by atoms with Gasteiger partial charge in [-0.1, -0.05) is 6.07 Å². The fourth-order valence-electron chi connectivity index (χ4n) is 2.40. The standard InChI is InChI=1S/C13H16F4N2.ClH/c1-18-11-4-5-19(8-11)7-9-2-3-10(14)6-12(9)13(15,16)17;/h2-3,6,11,18H,4-5,7-8H2,1H3;1H. The van der Waals surface area contributed by atoms with Gasteiger partial charge < -0.3 is 5.32 Å². The van der Waals surface area contributed by atoms with Crippen molar-refractivity contribution in [3.05, 3.63) is 35.1 Å². The number of hydrogen-bond acceptors (Lipinski definition) is 2. The van der Waals surface area contributed by atoms with Crippen molar-refractivity contribution >= 4 is 12.4 Å². The molecule has 0 aromatic heterocycles. The third-order valence-corrected chi connectivity index (χ3v) is 3.45. The topological polar surface area (TPSA) is 15.3 Å². The molecule has 1 aliphatic rings. The Bertz CT molecular complexity index is 450. The number of likely N-dealkylation sites (tertiary alicyclic amines) is 1. The van der Waals surface area contributed by atoms with Gasteiger partial charge in [0.15, 0.2) is 0 Å². The summed E-state index contributed by atoms with van der Waals surface area (Å²) in [5.41, 5.74) is -0.744. The monoisotopic (exact) mass is 312 g/mol. The highest BCUT2D eigenvalue weighted by molar-refractivity contribution is 5.85. The van der Waals surface area contributed by atoms with Crippen LogP contribution in [0.3, 0.4) is 0 Å². The van der Waals surface area contributed by atoms with E-state index in [0.717, 1.165) is 19.0 Å². The maximum absolute atomic E-state index is 13.0. The van der Waals surface area contributed by atoms with E-state index in [1.165, 1.54) is 6.07 Å². The summed E-state index contributed by atoms with van der Waals surface area (Å²) in [7, 11) is 1.84. The van der Waals surface area contributed by atoms with Gasteiger partial charge in [-0.15, -0.1) is 12.4 Å². The first-order valence-electron chi connectivity index (χ1n) is 6.15. The molecule has 2 nitrogen and oxygen atoms in total. The third-order valence-electron chi connectivity index (χ3n) is 3.45. The van der Waals surface area contributed by atoms with Gasteiger partial charge >= 0.3 is 6.18 Å². The molecule has 1 saturated heterocycles. The maximum Gasteiger partial charge on any atom is 0.416 e. The van der Waals surface area contributed by atoms with Crippen LogP contribution in [0.15, 0.2) is 18.2 Å². The highest BCUT2D eigenvalue weighted by Crippen LogP contribution is 2.33. The fraction of sp³-hybridized carbons (Fsp3) is 0.538. The number of likely N-dealkylation sites (N-methyl/N-ethyl adjacent to an activating group) is 1. The normalized spacial score (nSPS) is 19.9. The molecule has 1 N–H and O–H groups in total. The molecular weight excluding hydrogens is 296 g/mol. The van der Waals surface area contributed by atoms with Gasteiger partial charge in [0.25, 0.3) is 0 Å². The SMILES string of the molecule is CNC1CCN(Cc2ccc(F)cc2C(F)(F)F)C1.Cl. The quantitative estimate of drug-likeness (QED) is 0.863. The average Bonchev–Trinajstić information content (AvgIpc) is 2.78. The van der Waals surface area contributed by atoms with E-state index in [9.17, 15) is 17.6 Å². The van der Waals surface area contributed by atoms with Crippen LogP contribution in [-0.4, -0.2) is 31.1 Å². The molecule has 0 amide bonds. The summed E-state index contributed by atoms with van der Waals surface area (Å²) in [6.07, 6.45) is -3.60. The Hall–Kier alpha value is -0.850. The average molecular weight is 313 g/mol. The van der Waals surface area contributed by atoms with E-state index in [1.54, 1.807) is 0 Å². The van der Waals surface area contributed by atoms with Crippen molar-refractivity contribution in [3.8, 4) is 0 Å². The molecule has 20 heavy (non-hydrogen) atoms. The molecule has 0 spiro atoms. The van der Waals surface area contributed by atoms with E-state index in [1.807, 2.05) is 11.9 Å². The highest BCUT2D eigenvalue weighted by atomic mass is 35.5. The number of alkyl halides is 3. The molecule has 0 aliphatic carbocycles. The van der Waals surface area contributed by atoms with E-state index in [-0.39, 0.29) is 24.5 Å². The van der Waals surface area contributed by atoms with Gasteiger partial charge in [0.1, 0.15) is 5.82 Å². The molecule has 1 unspecified atom stereocenters. The van der Waals surface area contributed by atoms with E-state index >= 15 is 0 Å². The first-order valence-corrected chi connectivity index (χ1v) is 6.15. The van der Waals surface area contributed by atoms with E-state index in [0.29, 0.717) is 18.7 Å². The van der Waals surface area contributed by atoms with Crippen molar-refractivity contribution in [2.45, 2.75) is 25.2 Å². The number of nitrogens with zero attached hydrogens (tertiary/aromatic N) is 1. The summed E-state index contributed by atoms with van der Waals surface area (Å²) in [5, 5.41) is 3.11. The number of hydrogen-bond donors (Lipinski definition) is 1. The van der Waals surface area contributed by atoms with E-state index < -0.39 is 17.6 Å². The van der Waals surface area contributed by atoms with Crippen LogP contribution in [0, 0.1) is 5.82 Å². The lowest BCUT2D eigenvalue weighted by molar-refractivity contribution is -0.138. The number of nitrogens with one attached hydrogen (secondary N) is 1. The van der Waals surface area contributed by atoms with Gasteiger partial charge in [-0.05, 0) is 31.2 Å². The van der Waals surface area contributed by atoms with Crippen molar-refractivity contribution in [1.29, 1.82) is 0 Å². The zero-order valence-electron chi connectivity index (χ0n) is 11.0. The van der Waals surface area contributed by atoms with Crippen LogP contribution in [0.25, 0.3) is 0 Å². The van der Waals surface area contributed by atoms with Crippen molar-refractivity contribution in [3.63, 3.8) is 0 Å². The summed E-state index contributed by atoms with van der Waals surface area (Å²) in [6, 6.07) is 3.19. The first-order chi connectivity index (χ1) is 8.90. The summed E-state index contributed by atoms with van der Waals surface area (Å²) in [5.74, 6) is -0.856. The zero-order chi connectivity index (χ0) is 14.0. The maximum atomic E-state index is 13.0. The molecule has 114 valence electrons. The second-order valence-corrected chi connectivity index (χ2v) is 4.81. The van der Waals surface area contributed by atoms with E-state index in [4.69, 9.17) is 0 Å². The van der Waals surface area contributed by atoms with Crippen LogP contribution in [0.1, 0.15) is 17.5 Å². The molecule has 1 aromatic carbocycles. The van der Waals surface area contributed by atoms with Gasteiger partial charge in [-0.3, -0.25) is 4.90 Å². The third kappa shape index (κ3) is 4.07. The molecule has 7 heteroatoms. The second kappa shape index (κ2) is 6.74. The Labute approximate surface area is 121 Å². The van der Waals surface area contributed by atoms with E-state index in [2.05, 4.69) is 5.32 Å². The van der Waals surface area contributed by atoms with Crippen LogP contribution in [0.4, 0.5) is 17.6 Å². The van der Waals surface area contributed by atoms with Crippen LogP contribution in [0.2, 0.25) is 0 Å². The van der Waals surface area contributed by atoms with Crippen LogP contribution in [0.5, 0.6) is 0 Å². The smallest absolute Gasteiger partial charge is 0.316 e. The van der Waals surface area contributed by atoms with Gasteiger partial charge in [0.2, 0.25) is 0 Å². The summed E-state index contributed by atoms with van der Waals surface area (Å²) in [6.45, 7) is 1.67. The van der Waals surface area contributed by atoms with Crippen LogP contribution in [-0.2, 0) is 12.7 Å². The molecule has 0 bridgehead atoms. The minimum Gasteiger partial charge on any atom is -0.316 e. The van der Waals surface area contributed by atoms with Gasteiger partial charge in [-0.2, -0.15) is 13.2 Å². The predicted octanol–water partition coefficient (Wildman–Crippen LogP) is 3.06. The Morgan fingerprint density at radius 3 is 2.60 bits per heavy atom. The Kier molecular flexibility index (Phi) is 5.79. The molecule has 1 aromatic rings. The minimum atomic E-state index is -4.51. The summed E-state index contributed by atoms with van der Waals surface area (Å²) in [4.78, 5) is 1.95. The number of halogens is 5. The Balaban J connectivity index is 0.00000200. The molecule has 1 aliphatic heterocycles. The lowest BCUT2D eigenvalue weighted by Gasteiger charge is -2.19. The van der Waals surface area contributed by atoms with Crippen molar-refractivity contribution in [2.75, 3.05) is 20.1 Å². The van der Waals surface area contributed by atoms with Crippen molar-refractivity contribution in [1.82, 2.24) is 10.2 Å². The molecule has 1 atom stereocenters. The van der Waals surface area contributed by atoms with Crippen LogP contribution >= 0.6 is 12.4 Å². The van der Waals surface area contributed by atoms with Gasteiger partial charge in [-0.25, -0.2) is 4.39 Å². The first kappa shape index (κ1) is 17.2. The largest absolute Gasteiger partial charge is 0.416 e. The molecule has 1 heterocycles. The minimum absolute atomic E-state index is 0. The van der Waals surface area contributed by atoms with Gasteiger partial charge in [0.05, 0.1) is 5.56 Å². The van der Waals surface area contributed by atoms with Crippen LogP contribution < -0.4 is 5.32 Å². The summed E-state index contributed by atoms with van der Waals surface area (Å²) < 4.78 is 51.5. The van der Waals surface area contributed by atoms with Crippen molar-refractivity contribution in [2.24, 2.45) is 0 Å². The molecule has 2 rings (SSSR count). The highest BCUT2D eigenvalue weighted by Gasteiger charge is 2.34.